The number of carbonyl (C=O) groups is 1. The van der Waals surface area contributed by atoms with Crippen LogP contribution in [0.25, 0.3) is 0 Å². The average Bonchev–Trinajstić information content (AvgIpc) is 2.39. The maximum absolute atomic E-state index is 12.6. The number of hydrogen-bond acceptors (Lipinski definition) is 3. The molecule has 1 saturated heterocycles. The molecule has 0 bridgehead atoms. The van der Waals surface area contributed by atoms with Gasteiger partial charge < -0.3 is 4.90 Å². The summed E-state index contributed by atoms with van der Waals surface area (Å²) in [5.74, 6) is 0.358. The van der Waals surface area contributed by atoms with Crippen LogP contribution in [-0.4, -0.2) is 32.3 Å². The Balaban J connectivity index is 2.40. The number of benzene rings is 1. The van der Waals surface area contributed by atoms with Crippen molar-refractivity contribution in [2.75, 3.05) is 13.1 Å². The van der Waals surface area contributed by atoms with Crippen LogP contribution in [0.1, 0.15) is 41.3 Å². The number of amides is 1. The van der Waals surface area contributed by atoms with Crippen LogP contribution in [0.5, 0.6) is 0 Å². The van der Waals surface area contributed by atoms with Crippen molar-refractivity contribution in [3.63, 3.8) is 0 Å². The third kappa shape index (κ3) is 3.58. The van der Waals surface area contributed by atoms with Gasteiger partial charge >= 0.3 is 0 Å². The van der Waals surface area contributed by atoms with E-state index in [1.165, 1.54) is 6.07 Å². The number of hydrogen-bond donors (Lipinski definition) is 0. The monoisotopic (exact) mass is 329 g/mol. The third-order valence-electron chi connectivity index (χ3n) is 4.07. The molecule has 116 valence electrons. The highest BCUT2D eigenvalue weighted by Crippen LogP contribution is 2.26. The van der Waals surface area contributed by atoms with E-state index in [9.17, 15) is 13.2 Å². The van der Waals surface area contributed by atoms with E-state index >= 15 is 0 Å². The molecule has 0 aromatic heterocycles. The summed E-state index contributed by atoms with van der Waals surface area (Å²) in [6.07, 6.45) is 2.11. The van der Waals surface area contributed by atoms with Crippen molar-refractivity contribution in [2.24, 2.45) is 5.92 Å². The molecule has 1 heterocycles. The fourth-order valence-corrected chi connectivity index (χ4v) is 4.04. The largest absolute Gasteiger partial charge is 0.338 e. The summed E-state index contributed by atoms with van der Waals surface area (Å²) in [6, 6.07) is 3.13. The van der Waals surface area contributed by atoms with E-state index in [1.54, 1.807) is 24.8 Å². The first-order valence-corrected chi connectivity index (χ1v) is 9.36. The molecular weight excluding hydrogens is 310 g/mol. The Morgan fingerprint density at radius 3 is 2.57 bits per heavy atom. The van der Waals surface area contributed by atoms with Crippen LogP contribution in [0.2, 0.25) is 0 Å². The van der Waals surface area contributed by atoms with Gasteiger partial charge in [-0.25, -0.2) is 8.42 Å². The smallest absolute Gasteiger partial charge is 0.261 e. The van der Waals surface area contributed by atoms with Gasteiger partial charge in [-0.05, 0) is 55.9 Å². The fraction of sp³-hybridized carbons (Fsp3) is 0.533. The lowest BCUT2D eigenvalue weighted by atomic mass is 9.99. The molecule has 1 aromatic rings. The van der Waals surface area contributed by atoms with Crippen LogP contribution in [0, 0.1) is 19.8 Å². The third-order valence-corrected chi connectivity index (χ3v) is 5.52. The lowest BCUT2D eigenvalue weighted by Gasteiger charge is -2.31. The van der Waals surface area contributed by atoms with Crippen molar-refractivity contribution >= 4 is 25.6 Å². The highest BCUT2D eigenvalue weighted by atomic mass is 35.7. The highest BCUT2D eigenvalue weighted by Gasteiger charge is 2.24. The Hall–Kier alpha value is -1.07. The van der Waals surface area contributed by atoms with Gasteiger partial charge in [0.25, 0.3) is 15.0 Å². The molecule has 0 radical (unpaired) electrons. The Morgan fingerprint density at radius 2 is 2.00 bits per heavy atom. The van der Waals surface area contributed by atoms with E-state index in [1.807, 2.05) is 0 Å². The SMILES string of the molecule is Cc1cc(C(=O)N2CCCC(C)C2)cc(S(=O)(=O)Cl)c1C. The Kier molecular flexibility index (Phi) is 4.63. The molecule has 1 fully saturated rings. The van der Waals surface area contributed by atoms with E-state index in [-0.39, 0.29) is 10.8 Å². The molecule has 2 rings (SSSR count). The second-order valence-electron chi connectivity index (χ2n) is 5.85. The van der Waals surface area contributed by atoms with E-state index in [2.05, 4.69) is 6.92 Å². The Bertz CT molecular complexity index is 670. The molecule has 1 aliphatic rings. The molecule has 1 unspecified atom stereocenters. The minimum atomic E-state index is -3.85. The topological polar surface area (TPSA) is 54.5 Å². The highest BCUT2D eigenvalue weighted by molar-refractivity contribution is 8.13. The van der Waals surface area contributed by atoms with Gasteiger partial charge in [0.15, 0.2) is 0 Å². The van der Waals surface area contributed by atoms with Gasteiger partial charge in [0, 0.05) is 29.3 Å². The normalized spacial score (nSPS) is 19.6. The van der Waals surface area contributed by atoms with Crippen molar-refractivity contribution < 1.29 is 13.2 Å². The molecule has 0 aliphatic carbocycles. The molecule has 1 aromatic carbocycles. The standard InChI is InChI=1S/C15H20ClNO3S/c1-10-5-4-6-17(9-10)15(18)13-7-11(2)12(3)14(8-13)21(16,19)20/h7-8,10H,4-6,9H2,1-3H3. The maximum atomic E-state index is 12.6. The molecule has 0 N–H and O–H groups in total. The molecular formula is C15H20ClNO3S. The minimum Gasteiger partial charge on any atom is -0.338 e. The molecule has 1 aliphatic heterocycles. The summed E-state index contributed by atoms with van der Waals surface area (Å²) < 4.78 is 23.3. The van der Waals surface area contributed by atoms with Crippen LogP contribution in [0.4, 0.5) is 0 Å². The van der Waals surface area contributed by atoms with Gasteiger partial charge in [-0.3, -0.25) is 4.79 Å². The van der Waals surface area contributed by atoms with Crippen LogP contribution in [0.15, 0.2) is 17.0 Å². The van der Waals surface area contributed by atoms with Crippen LogP contribution in [-0.2, 0) is 9.05 Å². The summed E-state index contributed by atoms with van der Waals surface area (Å²) in [5.41, 5.74) is 1.74. The number of carbonyl (C=O) groups excluding carboxylic acids is 1. The van der Waals surface area contributed by atoms with E-state index in [4.69, 9.17) is 10.7 Å². The van der Waals surface area contributed by atoms with Crippen molar-refractivity contribution in [3.8, 4) is 0 Å². The molecule has 4 nitrogen and oxygen atoms in total. The van der Waals surface area contributed by atoms with E-state index in [0.717, 1.165) is 24.9 Å². The zero-order chi connectivity index (χ0) is 15.8. The van der Waals surface area contributed by atoms with Gasteiger partial charge in [0.1, 0.15) is 0 Å². The summed E-state index contributed by atoms with van der Waals surface area (Å²) in [6.45, 7) is 7.04. The van der Waals surface area contributed by atoms with Gasteiger partial charge in [-0.15, -0.1) is 0 Å². The van der Waals surface area contributed by atoms with E-state index in [0.29, 0.717) is 23.6 Å². The second kappa shape index (κ2) is 5.97. The van der Waals surface area contributed by atoms with Crippen LogP contribution >= 0.6 is 10.7 Å². The summed E-state index contributed by atoms with van der Waals surface area (Å²) in [5, 5.41) is 0. The molecule has 1 atom stereocenters. The zero-order valence-electron chi connectivity index (χ0n) is 12.5. The fourth-order valence-electron chi connectivity index (χ4n) is 2.76. The maximum Gasteiger partial charge on any atom is 0.261 e. The Labute approximate surface area is 130 Å². The number of halogens is 1. The molecule has 0 spiro atoms. The van der Waals surface area contributed by atoms with Crippen LogP contribution in [0.3, 0.4) is 0 Å². The second-order valence-corrected chi connectivity index (χ2v) is 8.39. The predicted molar refractivity (Wildman–Crippen MR) is 83.3 cm³/mol. The van der Waals surface area contributed by atoms with Gasteiger partial charge in [-0.1, -0.05) is 6.92 Å². The number of rotatable bonds is 2. The summed E-state index contributed by atoms with van der Waals surface area (Å²) in [4.78, 5) is 14.4. The number of nitrogens with zero attached hydrogens (tertiary/aromatic N) is 1. The lowest BCUT2D eigenvalue weighted by molar-refractivity contribution is 0.0682. The van der Waals surface area contributed by atoms with Crippen molar-refractivity contribution in [3.05, 3.63) is 28.8 Å². The lowest BCUT2D eigenvalue weighted by Crippen LogP contribution is -2.39. The Morgan fingerprint density at radius 1 is 1.33 bits per heavy atom. The van der Waals surface area contributed by atoms with Crippen molar-refractivity contribution in [1.29, 1.82) is 0 Å². The molecule has 6 heteroatoms. The number of likely N-dealkylation sites (tertiary alicyclic amines) is 1. The first-order chi connectivity index (χ1) is 9.70. The number of piperidine rings is 1. The van der Waals surface area contributed by atoms with E-state index < -0.39 is 9.05 Å². The first kappa shape index (κ1) is 16.3. The van der Waals surface area contributed by atoms with Crippen molar-refractivity contribution in [1.82, 2.24) is 4.90 Å². The van der Waals surface area contributed by atoms with Crippen molar-refractivity contribution in [2.45, 2.75) is 38.5 Å². The van der Waals surface area contributed by atoms with Crippen LogP contribution < -0.4 is 0 Å². The zero-order valence-corrected chi connectivity index (χ0v) is 14.1. The molecule has 0 saturated carbocycles. The molecule has 1 amide bonds. The van der Waals surface area contributed by atoms with Gasteiger partial charge in [0.05, 0.1) is 4.90 Å². The predicted octanol–water partition coefficient (Wildman–Crippen LogP) is 3.10. The quantitative estimate of drug-likeness (QED) is 0.783. The summed E-state index contributed by atoms with van der Waals surface area (Å²) in [7, 11) is 1.62. The van der Waals surface area contributed by atoms with Gasteiger partial charge in [0.2, 0.25) is 0 Å². The number of aryl methyl sites for hydroxylation is 1. The minimum absolute atomic E-state index is 0.0255. The molecule has 21 heavy (non-hydrogen) atoms. The first-order valence-electron chi connectivity index (χ1n) is 7.05. The summed E-state index contributed by atoms with van der Waals surface area (Å²) >= 11 is 0. The average molecular weight is 330 g/mol. The van der Waals surface area contributed by atoms with Gasteiger partial charge in [-0.2, -0.15) is 0 Å².